The number of benzene rings is 1. The Labute approximate surface area is 132 Å². The van der Waals surface area contributed by atoms with Gasteiger partial charge >= 0.3 is 5.97 Å². The van der Waals surface area contributed by atoms with Crippen molar-refractivity contribution >= 4 is 29.3 Å². The zero-order valence-corrected chi connectivity index (χ0v) is 13.1. The number of esters is 1. The van der Waals surface area contributed by atoms with E-state index in [0.717, 1.165) is 5.56 Å². The van der Waals surface area contributed by atoms with E-state index in [1.807, 2.05) is 0 Å². The van der Waals surface area contributed by atoms with Crippen molar-refractivity contribution in [3.8, 4) is 17.2 Å². The summed E-state index contributed by atoms with van der Waals surface area (Å²) in [7, 11) is 2.89. The normalized spacial score (nSPS) is 16.8. The smallest absolute Gasteiger partial charge is 0.308 e. The minimum Gasteiger partial charge on any atom is -0.493 e. The molecule has 7 nitrogen and oxygen atoms in total. The maximum Gasteiger partial charge on any atom is 0.308 e. The van der Waals surface area contributed by atoms with Gasteiger partial charge in [-0.05, 0) is 29.9 Å². The first-order valence-electron chi connectivity index (χ1n) is 6.39. The van der Waals surface area contributed by atoms with E-state index in [0.29, 0.717) is 11.5 Å². The van der Waals surface area contributed by atoms with Crippen molar-refractivity contribution in [2.45, 2.75) is 19.4 Å². The number of amides is 1. The van der Waals surface area contributed by atoms with Crippen molar-refractivity contribution in [1.29, 1.82) is 0 Å². The number of methoxy groups -OCH3 is 2. The molecule has 1 amide bonds. The maximum absolute atomic E-state index is 11.7. The van der Waals surface area contributed by atoms with E-state index in [-0.39, 0.29) is 23.3 Å². The van der Waals surface area contributed by atoms with E-state index >= 15 is 0 Å². The first-order valence-corrected chi connectivity index (χ1v) is 6.80. The summed E-state index contributed by atoms with van der Waals surface area (Å²) in [6, 6.07) is 3.30. The van der Waals surface area contributed by atoms with E-state index < -0.39 is 12.1 Å². The first-order chi connectivity index (χ1) is 10.4. The standard InChI is InChI=1S/C14H15NO6S/c1-7(16)20-12-9(18-2)4-8(5-10(12)19-3)6-11-13(17)15-14(22)21-11/h4-5,11H,6H2,1-3H3,(H,15,17,22). The van der Waals surface area contributed by atoms with E-state index in [4.69, 9.17) is 31.2 Å². The van der Waals surface area contributed by atoms with Gasteiger partial charge in [-0.1, -0.05) is 0 Å². The van der Waals surface area contributed by atoms with Gasteiger partial charge < -0.3 is 18.9 Å². The third-order valence-electron chi connectivity index (χ3n) is 2.95. The molecule has 8 heteroatoms. The third-order valence-corrected chi connectivity index (χ3v) is 3.15. The van der Waals surface area contributed by atoms with E-state index in [1.54, 1.807) is 12.1 Å². The van der Waals surface area contributed by atoms with Crippen LogP contribution in [0.4, 0.5) is 0 Å². The van der Waals surface area contributed by atoms with Gasteiger partial charge in [0.1, 0.15) is 0 Å². The Morgan fingerprint density at radius 1 is 1.32 bits per heavy atom. The van der Waals surface area contributed by atoms with Gasteiger partial charge in [0.2, 0.25) is 5.75 Å². The molecule has 0 aliphatic carbocycles. The van der Waals surface area contributed by atoms with Crippen LogP contribution in [0.25, 0.3) is 0 Å². The molecule has 1 heterocycles. The zero-order chi connectivity index (χ0) is 16.3. The second-order valence-corrected chi connectivity index (χ2v) is 4.88. The van der Waals surface area contributed by atoms with Gasteiger partial charge in [-0.3, -0.25) is 14.9 Å². The molecule has 2 rings (SSSR count). The largest absolute Gasteiger partial charge is 0.493 e. The molecule has 1 fully saturated rings. The van der Waals surface area contributed by atoms with E-state index in [1.165, 1.54) is 21.1 Å². The number of hydrogen-bond donors (Lipinski definition) is 1. The van der Waals surface area contributed by atoms with Crippen LogP contribution in [0.3, 0.4) is 0 Å². The predicted molar refractivity (Wildman–Crippen MR) is 80.2 cm³/mol. The van der Waals surface area contributed by atoms with Crippen molar-refractivity contribution in [3.63, 3.8) is 0 Å². The fourth-order valence-corrected chi connectivity index (χ4v) is 2.25. The summed E-state index contributed by atoms with van der Waals surface area (Å²) in [5.74, 6) is 0.0461. The van der Waals surface area contributed by atoms with Crippen molar-refractivity contribution in [2.75, 3.05) is 14.2 Å². The summed E-state index contributed by atoms with van der Waals surface area (Å²) in [4.78, 5) is 22.8. The molecule has 0 saturated carbocycles. The van der Waals surface area contributed by atoms with Crippen molar-refractivity contribution in [1.82, 2.24) is 5.32 Å². The van der Waals surface area contributed by atoms with Gasteiger partial charge in [0.05, 0.1) is 14.2 Å². The molecule has 0 aromatic heterocycles. The molecule has 0 radical (unpaired) electrons. The third kappa shape index (κ3) is 3.45. The summed E-state index contributed by atoms with van der Waals surface area (Å²) < 4.78 is 20.8. The van der Waals surface area contributed by atoms with E-state index in [2.05, 4.69) is 5.32 Å². The number of thiocarbonyl (C=S) groups is 1. The molecule has 118 valence electrons. The minimum atomic E-state index is -0.707. The quantitative estimate of drug-likeness (QED) is 0.491. The highest BCUT2D eigenvalue weighted by atomic mass is 32.1. The number of ether oxygens (including phenoxy) is 4. The van der Waals surface area contributed by atoms with E-state index in [9.17, 15) is 9.59 Å². The lowest BCUT2D eigenvalue weighted by atomic mass is 10.1. The molecule has 1 atom stereocenters. The summed E-state index contributed by atoms with van der Waals surface area (Å²) in [5.41, 5.74) is 0.717. The van der Waals surface area contributed by atoms with Gasteiger partial charge in [0.15, 0.2) is 17.6 Å². The van der Waals surface area contributed by atoms with Crippen LogP contribution in [-0.4, -0.2) is 37.4 Å². The molecule has 0 bridgehead atoms. The summed E-state index contributed by atoms with van der Waals surface area (Å²) in [6.45, 7) is 1.28. The fourth-order valence-electron chi connectivity index (χ4n) is 2.04. The van der Waals surface area contributed by atoms with Gasteiger partial charge in [0, 0.05) is 13.3 Å². The van der Waals surface area contributed by atoms with Crippen LogP contribution in [0.15, 0.2) is 12.1 Å². The Hall–Kier alpha value is -2.35. The number of rotatable bonds is 5. The van der Waals surface area contributed by atoms with Crippen molar-refractivity contribution in [2.24, 2.45) is 0 Å². The highest BCUT2D eigenvalue weighted by Gasteiger charge is 2.30. The first kappa shape index (κ1) is 16.0. The molecule has 1 aliphatic heterocycles. The number of hydrogen-bond acceptors (Lipinski definition) is 7. The SMILES string of the molecule is COc1cc(CC2OC(=S)NC2=O)cc(OC)c1OC(C)=O. The highest BCUT2D eigenvalue weighted by molar-refractivity contribution is 7.80. The average molecular weight is 325 g/mol. The Balaban J connectivity index is 2.31. The summed E-state index contributed by atoms with van der Waals surface area (Å²) in [6.07, 6.45) is -0.430. The lowest BCUT2D eigenvalue weighted by Crippen LogP contribution is -2.25. The molecule has 1 aromatic carbocycles. The summed E-state index contributed by atoms with van der Waals surface area (Å²) in [5, 5.41) is 2.48. The monoisotopic (exact) mass is 325 g/mol. The Kier molecular flexibility index (Phi) is 4.81. The lowest BCUT2D eigenvalue weighted by molar-refractivity contribution is -0.132. The highest BCUT2D eigenvalue weighted by Crippen LogP contribution is 2.39. The number of carbonyl (C=O) groups is 2. The van der Waals surface area contributed by atoms with Gasteiger partial charge in [-0.2, -0.15) is 0 Å². The lowest BCUT2D eigenvalue weighted by Gasteiger charge is -2.15. The molecule has 1 N–H and O–H groups in total. The topological polar surface area (TPSA) is 83.1 Å². The van der Waals surface area contributed by atoms with Crippen molar-refractivity contribution in [3.05, 3.63) is 17.7 Å². The Morgan fingerprint density at radius 2 is 1.91 bits per heavy atom. The summed E-state index contributed by atoms with van der Waals surface area (Å²) >= 11 is 4.79. The molecular weight excluding hydrogens is 310 g/mol. The van der Waals surface area contributed by atoms with Crippen LogP contribution < -0.4 is 19.5 Å². The Bertz CT molecular complexity index is 605. The molecule has 22 heavy (non-hydrogen) atoms. The second kappa shape index (κ2) is 6.61. The molecule has 1 aromatic rings. The van der Waals surface area contributed by atoms with Crippen molar-refractivity contribution < 1.29 is 28.5 Å². The van der Waals surface area contributed by atoms with Crippen LogP contribution in [0, 0.1) is 0 Å². The van der Waals surface area contributed by atoms with Crippen LogP contribution in [0.1, 0.15) is 12.5 Å². The maximum atomic E-state index is 11.7. The molecule has 0 spiro atoms. The van der Waals surface area contributed by atoms with Crippen LogP contribution in [-0.2, 0) is 20.7 Å². The van der Waals surface area contributed by atoms with Crippen LogP contribution in [0.2, 0.25) is 0 Å². The average Bonchev–Trinajstić information content (AvgIpc) is 2.77. The molecular formula is C14H15NO6S. The van der Waals surface area contributed by atoms with Crippen LogP contribution >= 0.6 is 12.2 Å². The fraction of sp³-hybridized carbons (Fsp3) is 0.357. The van der Waals surface area contributed by atoms with Gasteiger partial charge in [0.25, 0.3) is 11.1 Å². The Morgan fingerprint density at radius 3 is 2.32 bits per heavy atom. The minimum absolute atomic E-state index is 0.0606. The van der Waals surface area contributed by atoms with Gasteiger partial charge in [-0.15, -0.1) is 0 Å². The molecule has 1 unspecified atom stereocenters. The van der Waals surface area contributed by atoms with Crippen LogP contribution in [0.5, 0.6) is 17.2 Å². The predicted octanol–water partition coefficient (Wildman–Crippen LogP) is 0.971. The number of nitrogens with one attached hydrogen (secondary N) is 1. The second-order valence-electron chi connectivity index (χ2n) is 4.51. The zero-order valence-electron chi connectivity index (χ0n) is 12.3. The molecule has 1 aliphatic rings. The number of carbonyl (C=O) groups excluding carboxylic acids is 2. The molecule has 1 saturated heterocycles. The van der Waals surface area contributed by atoms with Gasteiger partial charge in [-0.25, -0.2) is 0 Å².